The van der Waals surface area contributed by atoms with Crippen LogP contribution in [-0.4, -0.2) is 19.1 Å². The van der Waals surface area contributed by atoms with E-state index in [4.69, 9.17) is 0 Å². The molecule has 0 unspecified atom stereocenters. The molecule has 4 nitrogen and oxygen atoms in total. The van der Waals surface area contributed by atoms with E-state index in [9.17, 15) is 9.18 Å². The van der Waals surface area contributed by atoms with Crippen LogP contribution in [0.2, 0.25) is 0 Å². The summed E-state index contributed by atoms with van der Waals surface area (Å²) in [4.78, 5) is 14.3. The van der Waals surface area contributed by atoms with E-state index in [1.54, 1.807) is 18.2 Å². The molecule has 1 fully saturated rings. The first kappa shape index (κ1) is 16.3. The number of hydrogen-bond acceptors (Lipinski definition) is 2. The first-order chi connectivity index (χ1) is 11.7. The van der Waals surface area contributed by atoms with Crippen molar-refractivity contribution in [2.24, 2.45) is 0 Å². The van der Waals surface area contributed by atoms with Gasteiger partial charge in [0, 0.05) is 36.6 Å². The van der Waals surface area contributed by atoms with Crippen molar-refractivity contribution in [1.29, 1.82) is 0 Å². The Kier molecular flexibility index (Phi) is 5.31. The van der Waals surface area contributed by atoms with Crippen LogP contribution in [0.25, 0.3) is 0 Å². The first-order valence-electron chi connectivity index (χ1n) is 8.35. The Balaban J connectivity index is 1.52. The molecule has 0 radical (unpaired) electrons. The summed E-state index contributed by atoms with van der Waals surface area (Å²) in [6.07, 6.45) is 3.77. The Morgan fingerprint density at radius 3 is 2.42 bits per heavy atom. The maximum absolute atomic E-state index is 13.5. The van der Waals surface area contributed by atoms with Crippen molar-refractivity contribution in [3.63, 3.8) is 0 Å². The number of anilines is 2. The summed E-state index contributed by atoms with van der Waals surface area (Å²) in [5.41, 5.74) is 2.38. The molecule has 1 aliphatic rings. The third kappa shape index (κ3) is 4.25. The Bertz CT molecular complexity index is 681. The van der Waals surface area contributed by atoms with Gasteiger partial charge >= 0.3 is 6.03 Å². The van der Waals surface area contributed by atoms with Gasteiger partial charge in [0.1, 0.15) is 5.82 Å². The summed E-state index contributed by atoms with van der Waals surface area (Å²) in [7, 11) is 0. The number of benzene rings is 2. The van der Waals surface area contributed by atoms with Crippen LogP contribution in [0, 0.1) is 5.82 Å². The molecule has 5 heteroatoms. The lowest BCUT2D eigenvalue weighted by Crippen LogP contribution is -2.29. The fourth-order valence-electron chi connectivity index (χ4n) is 2.90. The number of nitrogens with one attached hydrogen (secondary N) is 2. The maximum Gasteiger partial charge on any atom is 0.319 e. The summed E-state index contributed by atoms with van der Waals surface area (Å²) in [6, 6.07) is 13.9. The second-order valence-corrected chi connectivity index (χ2v) is 5.99. The number of nitrogens with zero attached hydrogens (tertiary/aromatic N) is 1. The minimum atomic E-state index is -0.344. The number of carbonyl (C=O) groups excluding carboxylic acids is 1. The molecule has 126 valence electrons. The van der Waals surface area contributed by atoms with Crippen LogP contribution in [0.15, 0.2) is 48.5 Å². The highest BCUT2D eigenvalue weighted by Gasteiger charge is 2.11. The molecular formula is C19H22FN3O. The van der Waals surface area contributed by atoms with Crippen molar-refractivity contribution in [2.75, 3.05) is 23.3 Å². The van der Waals surface area contributed by atoms with Crippen LogP contribution in [-0.2, 0) is 6.54 Å². The molecule has 24 heavy (non-hydrogen) atoms. The molecule has 0 saturated carbocycles. The second kappa shape index (κ2) is 7.81. The lowest BCUT2D eigenvalue weighted by Gasteiger charge is -2.28. The van der Waals surface area contributed by atoms with Crippen LogP contribution in [0.1, 0.15) is 24.8 Å². The molecule has 0 spiro atoms. The highest BCUT2D eigenvalue weighted by Crippen LogP contribution is 2.21. The Morgan fingerprint density at radius 1 is 1.00 bits per heavy atom. The highest BCUT2D eigenvalue weighted by molar-refractivity contribution is 5.89. The summed E-state index contributed by atoms with van der Waals surface area (Å²) in [5.74, 6) is -0.316. The molecule has 2 N–H and O–H groups in total. The van der Waals surface area contributed by atoms with Gasteiger partial charge in [-0.3, -0.25) is 0 Å². The predicted molar refractivity (Wildman–Crippen MR) is 94.8 cm³/mol. The molecule has 1 aliphatic heterocycles. The number of urea groups is 1. The van der Waals surface area contributed by atoms with Crippen LogP contribution < -0.4 is 15.5 Å². The van der Waals surface area contributed by atoms with Gasteiger partial charge in [0.15, 0.2) is 0 Å². The minimum Gasteiger partial charge on any atom is -0.372 e. The molecule has 0 aromatic heterocycles. The maximum atomic E-state index is 13.5. The van der Waals surface area contributed by atoms with Crippen LogP contribution in [0.3, 0.4) is 0 Å². The summed E-state index contributed by atoms with van der Waals surface area (Å²) < 4.78 is 13.5. The van der Waals surface area contributed by atoms with Gasteiger partial charge < -0.3 is 15.5 Å². The van der Waals surface area contributed by atoms with Crippen LogP contribution in [0.5, 0.6) is 0 Å². The van der Waals surface area contributed by atoms with E-state index >= 15 is 0 Å². The lowest BCUT2D eigenvalue weighted by molar-refractivity contribution is 0.251. The van der Waals surface area contributed by atoms with Crippen molar-refractivity contribution >= 4 is 17.4 Å². The van der Waals surface area contributed by atoms with Gasteiger partial charge in [-0.1, -0.05) is 18.2 Å². The SMILES string of the molecule is O=C(NCc1ccccc1F)Nc1ccc(N2CCCCC2)cc1. The standard InChI is InChI=1S/C19H22FN3O/c20-18-7-3-2-6-15(18)14-21-19(24)22-16-8-10-17(11-9-16)23-12-4-1-5-13-23/h2-3,6-11H,1,4-5,12-14H2,(H2,21,22,24). The first-order valence-corrected chi connectivity index (χ1v) is 8.35. The molecule has 1 heterocycles. The van der Waals surface area contributed by atoms with E-state index in [2.05, 4.69) is 15.5 Å². The van der Waals surface area contributed by atoms with E-state index in [-0.39, 0.29) is 18.4 Å². The third-order valence-electron chi connectivity index (χ3n) is 4.24. The van der Waals surface area contributed by atoms with E-state index in [0.717, 1.165) is 18.8 Å². The number of hydrogen-bond donors (Lipinski definition) is 2. The minimum absolute atomic E-state index is 0.157. The van der Waals surface area contributed by atoms with E-state index in [1.807, 2.05) is 24.3 Å². The topological polar surface area (TPSA) is 44.4 Å². The van der Waals surface area contributed by atoms with Gasteiger partial charge in [-0.25, -0.2) is 9.18 Å². The van der Waals surface area contributed by atoms with Crippen molar-refractivity contribution in [3.05, 3.63) is 59.9 Å². The van der Waals surface area contributed by atoms with E-state index < -0.39 is 0 Å². The number of halogens is 1. The van der Waals surface area contributed by atoms with Gasteiger partial charge in [-0.05, 0) is 49.6 Å². The largest absolute Gasteiger partial charge is 0.372 e. The number of rotatable bonds is 4. The van der Waals surface area contributed by atoms with Gasteiger partial charge in [0.05, 0.1) is 0 Å². The van der Waals surface area contributed by atoms with Gasteiger partial charge in [0.2, 0.25) is 0 Å². The smallest absolute Gasteiger partial charge is 0.319 e. The number of piperidine rings is 1. The summed E-state index contributed by atoms with van der Waals surface area (Å²) in [6.45, 7) is 2.34. The summed E-state index contributed by atoms with van der Waals surface area (Å²) >= 11 is 0. The number of amides is 2. The van der Waals surface area contributed by atoms with Crippen molar-refractivity contribution in [3.8, 4) is 0 Å². The van der Waals surface area contributed by atoms with E-state index in [0.29, 0.717) is 5.56 Å². The molecule has 0 bridgehead atoms. The molecule has 2 aromatic rings. The van der Waals surface area contributed by atoms with Crippen LogP contribution >= 0.6 is 0 Å². The monoisotopic (exact) mass is 327 g/mol. The molecule has 0 atom stereocenters. The fraction of sp³-hybridized carbons (Fsp3) is 0.316. The van der Waals surface area contributed by atoms with Gasteiger partial charge in [-0.2, -0.15) is 0 Å². The predicted octanol–water partition coefficient (Wildman–Crippen LogP) is 4.14. The lowest BCUT2D eigenvalue weighted by atomic mass is 10.1. The number of carbonyl (C=O) groups is 1. The average molecular weight is 327 g/mol. The zero-order chi connectivity index (χ0) is 16.8. The fourth-order valence-corrected chi connectivity index (χ4v) is 2.90. The van der Waals surface area contributed by atoms with E-state index in [1.165, 1.54) is 31.0 Å². The Morgan fingerprint density at radius 2 is 1.71 bits per heavy atom. The van der Waals surface area contributed by atoms with Crippen molar-refractivity contribution < 1.29 is 9.18 Å². The second-order valence-electron chi connectivity index (χ2n) is 5.99. The molecule has 0 aliphatic carbocycles. The molecular weight excluding hydrogens is 305 g/mol. The average Bonchev–Trinajstić information content (AvgIpc) is 2.62. The Labute approximate surface area is 141 Å². The highest BCUT2D eigenvalue weighted by atomic mass is 19.1. The van der Waals surface area contributed by atoms with Crippen molar-refractivity contribution in [2.45, 2.75) is 25.8 Å². The zero-order valence-electron chi connectivity index (χ0n) is 13.6. The molecule has 3 rings (SSSR count). The molecule has 2 aromatic carbocycles. The quantitative estimate of drug-likeness (QED) is 0.886. The molecule has 1 saturated heterocycles. The normalized spacial score (nSPS) is 14.3. The third-order valence-corrected chi connectivity index (χ3v) is 4.24. The van der Waals surface area contributed by atoms with Crippen molar-refractivity contribution in [1.82, 2.24) is 5.32 Å². The van der Waals surface area contributed by atoms with Crippen LogP contribution in [0.4, 0.5) is 20.6 Å². The Hall–Kier alpha value is -2.56. The van der Waals surface area contributed by atoms with Gasteiger partial charge in [0.25, 0.3) is 0 Å². The van der Waals surface area contributed by atoms with Gasteiger partial charge in [-0.15, -0.1) is 0 Å². The molecule has 2 amide bonds. The zero-order valence-corrected chi connectivity index (χ0v) is 13.6. The summed E-state index contributed by atoms with van der Waals surface area (Å²) in [5, 5.41) is 5.44.